The molecule has 0 aromatic heterocycles. The Morgan fingerprint density at radius 1 is 0.650 bits per heavy atom. The Bertz CT molecular complexity index is 537. The van der Waals surface area contributed by atoms with Gasteiger partial charge in [-0.25, -0.2) is 0 Å². The van der Waals surface area contributed by atoms with E-state index in [-0.39, 0.29) is 0 Å². The average Bonchev–Trinajstić information content (AvgIpc) is 2.45. The smallest absolute Gasteiger partial charge is 0.0499 e. The number of hydrogen-bond donors (Lipinski definition) is 0. The summed E-state index contributed by atoms with van der Waals surface area (Å²) in [6.07, 6.45) is 0. The molecule has 0 aliphatic carbocycles. The van der Waals surface area contributed by atoms with Crippen LogP contribution < -0.4 is 10.2 Å². The van der Waals surface area contributed by atoms with Crippen LogP contribution in [0, 0.1) is 0 Å². The standard InChI is InChI=1S/C16H14O4/c17-15(18)13(11-7-3-1-4-8-11)14(16(19)20)12-9-5-2-6-10-12/h1-10,13-14H,(H,17,18)(H,19,20)/p-2. The molecule has 2 aromatic rings. The van der Waals surface area contributed by atoms with E-state index in [0.29, 0.717) is 11.1 Å². The van der Waals surface area contributed by atoms with Gasteiger partial charge >= 0.3 is 0 Å². The first-order chi connectivity index (χ1) is 9.61. The summed E-state index contributed by atoms with van der Waals surface area (Å²) in [5.41, 5.74) is 0.760. The molecule has 0 spiro atoms. The molecular formula is C16H12O4-2. The molecule has 0 radical (unpaired) electrons. The van der Waals surface area contributed by atoms with Crippen LogP contribution in [0.3, 0.4) is 0 Å². The Balaban J connectivity index is 2.50. The second kappa shape index (κ2) is 6.02. The summed E-state index contributed by atoms with van der Waals surface area (Å²) < 4.78 is 0. The van der Waals surface area contributed by atoms with Gasteiger partial charge in [0.15, 0.2) is 0 Å². The van der Waals surface area contributed by atoms with Crippen molar-refractivity contribution in [2.45, 2.75) is 11.8 Å². The van der Waals surface area contributed by atoms with E-state index in [2.05, 4.69) is 0 Å². The number of carboxylic acid groups (broad SMARTS) is 2. The molecule has 0 fully saturated rings. The van der Waals surface area contributed by atoms with Crippen molar-refractivity contribution < 1.29 is 19.8 Å². The molecule has 0 saturated heterocycles. The maximum atomic E-state index is 11.4. The number of aliphatic carboxylic acids is 2. The summed E-state index contributed by atoms with van der Waals surface area (Å²) in [4.78, 5) is 22.8. The van der Waals surface area contributed by atoms with Crippen molar-refractivity contribution in [1.29, 1.82) is 0 Å². The van der Waals surface area contributed by atoms with Gasteiger partial charge in [0, 0.05) is 23.8 Å². The fourth-order valence-electron chi connectivity index (χ4n) is 2.25. The lowest BCUT2D eigenvalue weighted by Crippen LogP contribution is -2.41. The van der Waals surface area contributed by atoms with Crippen molar-refractivity contribution in [2.24, 2.45) is 0 Å². The second-order valence-corrected chi connectivity index (χ2v) is 4.41. The molecule has 0 bridgehead atoms. The number of carbonyl (C=O) groups is 2. The molecule has 0 amide bonds. The van der Waals surface area contributed by atoms with Gasteiger partial charge in [0.05, 0.1) is 0 Å². The first-order valence-corrected chi connectivity index (χ1v) is 6.13. The first-order valence-electron chi connectivity index (χ1n) is 6.13. The molecule has 2 aromatic carbocycles. The van der Waals surface area contributed by atoms with E-state index in [1.807, 2.05) is 0 Å². The highest BCUT2D eigenvalue weighted by Gasteiger charge is 2.27. The van der Waals surface area contributed by atoms with E-state index in [4.69, 9.17) is 0 Å². The van der Waals surface area contributed by atoms with E-state index >= 15 is 0 Å². The number of carboxylic acids is 2. The third-order valence-corrected chi connectivity index (χ3v) is 3.16. The van der Waals surface area contributed by atoms with Crippen LogP contribution >= 0.6 is 0 Å². The summed E-state index contributed by atoms with van der Waals surface area (Å²) in [6, 6.07) is 16.4. The Labute approximate surface area is 116 Å². The van der Waals surface area contributed by atoms with Crippen LogP contribution in [0.5, 0.6) is 0 Å². The molecular weight excluding hydrogens is 256 g/mol. The summed E-state index contributed by atoms with van der Waals surface area (Å²) in [5, 5.41) is 22.8. The lowest BCUT2D eigenvalue weighted by molar-refractivity contribution is -0.319. The van der Waals surface area contributed by atoms with Gasteiger partial charge < -0.3 is 19.8 Å². The molecule has 0 aliphatic rings. The van der Waals surface area contributed by atoms with Gasteiger partial charge in [-0.15, -0.1) is 0 Å². The van der Waals surface area contributed by atoms with Gasteiger partial charge in [-0.1, -0.05) is 60.7 Å². The van der Waals surface area contributed by atoms with E-state index in [0.717, 1.165) is 0 Å². The SMILES string of the molecule is O=C([O-])C(c1ccccc1)C(C(=O)[O-])c1ccccc1. The van der Waals surface area contributed by atoms with Crippen molar-refractivity contribution in [2.75, 3.05) is 0 Å². The number of carbonyl (C=O) groups excluding carboxylic acids is 2. The highest BCUT2D eigenvalue weighted by Crippen LogP contribution is 2.32. The Hall–Kier alpha value is -2.62. The average molecular weight is 268 g/mol. The third-order valence-electron chi connectivity index (χ3n) is 3.16. The largest absolute Gasteiger partial charge is 0.549 e. The molecule has 2 atom stereocenters. The van der Waals surface area contributed by atoms with E-state index < -0.39 is 23.8 Å². The maximum Gasteiger partial charge on any atom is 0.0499 e. The summed E-state index contributed by atoms with van der Waals surface area (Å²) >= 11 is 0. The molecule has 20 heavy (non-hydrogen) atoms. The molecule has 0 saturated carbocycles. The lowest BCUT2D eigenvalue weighted by atomic mass is 9.81. The minimum atomic E-state index is -1.44. The topological polar surface area (TPSA) is 80.3 Å². The van der Waals surface area contributed by atoms with Gasteiger partial charge in [0.25, 0.3) is 0 Å². The number of rotatable bonds is 5. The molecule has 0 heterocycles. The number of benzene rings is 2. The quantitative estimate of drug-likeness (QED) is 0.767. The van der Waals surface area contributed by atoms with E-state index in [1.165, 1.54) is 0 Å². The van der Waals surface area contributed by atoms with Gasteiger partial charge in [-0.3, -0.25) is 0 Å². The Kier molecular flexibility index (Phi) is 4.15. The van der Waals surface area contributed by atoms with E-state index in [1.54, 1.807) is 60.7 Å². The van der Waals surface area contributed by atoms with Crippen LogP contribution in [0.4, 0.5) is 0 Å². The van der Waals surface area contributed by atoms with Crippen LogP contribution in [-0.2, 0) is 9.59 Å². The van der Waals surface area contributed by atoms with E-state index in [9.17, 15) is 19.8 Å². The van der Waals surface area contributed by atoms with Crippen LogP contribution in [0.15, 0.2) is 60.7 Å². The zero-order valence-electron chi connectivity index (χ0n) is 10.6. The maximum absolute atomic E-state index is 11.4. The highest BCUT2D eigenvalue weighted by atomic mass is 16.4. The minimum absolute atomic E-state index is 0.380. The van der Waals surface area contributed by atoms with Gasteiger partial charge in [0.2, 0.25) is 0 Å². The van der Waals surface area contributed by atoms with Crippen LogP contribution in [0.25, 0.3) is 0 Å². The molecule has 2 rings (SSSR count). The van der Waals surface area contributed by atoms with Gasteiger partial charge in [0.1, 0.15) is 0 Å². The fourth-order valence-corrected chi connectivity index (χ4v) is 2.25. The van der Waals surface area contributed by atoms with Crippen molar-refractivity contribution in [3.63, 3.8) is 0 Å². The molecule has 4 nitrogen and oxygen atoms in total. The van der Waals surface area contributed by atoms with Crippen molar-refractivity contribution in [3.05, 3.63) is 71.8 Å². The van der Waals surface area contributed by atoms with Crippen molar-refractivity contribution in [1.82, 2.24) is 0 Å². The zero-order valence-corrected chi connectivity index (χ0v) is 10.6. The molecule has 102 valence electrons. The molecule has 4 heteroatoms. The Morgan fingerprint density at radius 2 is 0.950 bits per heavy atom. The third kappa shape index (κ3) is 2.85. The predicted octanol–water partition coefficient (Wildman–Crippen LogP) is 0.0538. The molecule has 2 unspecified atom stereocenters. The monoisotopic (exact) mass is 268 g/mol. The first kappa shape index (κ1) is 13.8. The fraction of sp³-hybridized carbons (Fsp3) is 0.125. The predicted molar refractivity (Wildman–Crippen MR) is 68.4 cm³/mol. The van der Waals surface area contributed by atoms with Crippen molar-refractivity contribution in [3.8, 4) is 0 Å². The zero-order chi connectivity index (χ0) is 14.5. The molecule has 0 aliphatic heterocycles. The summed E-state index contributed by atoms with van der Waals surface area (Å²) in [6.45, 7) is 0. The highest BCUT2D eigenvalue weighted by molar-refractivity contribution is 5.86. The minimum Gasteiger partial charge on any atom is -0.549 e. The van der Waals surface area contributed by atoms with Crippen LogP contribution in [0.1, 0.15) is 23.0 Å². The normalized spacial score (nSPS) is 13.4. The Morgan fingerprint density at radius 3 is 1.20 bits per heavy atom. The number of hydrogen-bond acceptors (Lipinski definition) is 4. The van der Waals surface area contributed by atoms with Gasteiger partial charge in [-0.05, 0) is 11.1 Å². The van der Waals surface area contributed by atoms with Crippen LogP contribution in [-0.4, -0.2) is 11.9 Å². The summed E-state index contributed by atoms with van der Waals surface area (Å²) in [7, 11) is 0. The van der Waals surface area contributed by atoms with Crippen LogP contribution in [0.2, 0.25) is 0 Å². The lowest BCUT2D eigenvalue weighted by Gasteiger charge is -2.29. The summed E-state index contributed by atoms with van der Waals surface area (Å²) in [5.74, 6) is -5.45. The molecule has 0 N–H and O–H groups in total. The second-order valence-electron chi connectivity index (χ2n) is 4.41. The van der Waals surface area contributed by atoms with Crippen molar-refractivity contribution >= 4 is 11.9 Å². The van der Waals surface area contributed by atoms with Gasteiger partial charge in [-0.2, -0.15) is 0 Å².